The SMILES string of the molecule is CC(C)N(CCC(c1ccccc1)c1cc(CO)ccc1OC(=O)N(C)C)C(C)C. The minimum atomic E-state index is -0.411. The maximum Gasteiger partial charge on any atom is 0.414 e. The molecule has 0 aliphatic rings. The van der Waals surface area contributed by atoms with Crippen molar-refractivity contribution in [3.8, 4) is 5.75 Å². The molecule has 0 aromatic heterocycles. The van der Waals surface area contributed by atoms with Gasteiger partial charge in [0.1, 0.15) is 5.75 Å². The Morgan fingerprint density at radius 2 is 1.63 bits per heavy atom. The number of carbonyl (C=O) groups excluding carboxylic acids is 1. The summed E-state index contributed by atoms with van der Waals surface area (Å²) in [7, 11) is 3.34. The first-order valence-electron chi connectivity index (χ1n) is 10.7. The van der Waals surface area contributed by atoms with E-state index in [1.807, 2.05) is 24.3 Å². The second kappa shape index (κ2) is 11.1. The first kappa shape index (κ1) is 23.9. The van der Waals surface area contributed by atoms with Gasteiger partial charge in [-0.05, 0) is 63.9 Å². The Morgan fingerprint density at radius 1 is 1.00 bits per heavy atom. The third-order valence-electron chi connectivity index (χ3n) is 5.40. The van der Waals surface area contributed by atoms with E-state index in [1.165, 1.54) is 10.5 Å². The van der Waals surface area contributed by atoms with Gasteiger partial charge in [-0.3, -0.25) is 4.90 Å². The van der Waals surface area contributed by atoms with Crippen molar-refractivity contribution in [1.29, 1.82) is 0 Å². The van der Waals surface area contributed by atoms with Gasteiger partial charge in [0, 0.05) is 37.7 Å². The van der Waals surface area contributed by atoms with Crippen LogP contribution in [0, 0.1) is 0 Å². The Morgan fingerprint density at radius 3 is 2.17 bits per heavy atom. The van der Waals surface area contributed by atoms with E-state index in [4.69, 9.17) is 4.74 Å². The van der Waals surface area contributed by atoms with Gasteiger partial charge in [-0.1, -0.05) is 36.4 Å². The molecule has 0 heterocycles. The summed E-state index contributed by atoms with van der Waals surface area (Å²) in [6, 6.07) is 16.7. The number of benzene rings is 2. The highest BCUT2D eigenvalue weighted by Crippen LogP contribution is 2.36. The number of hydrogen-bond acceptors (Lipinski definition) is 4. The van der Waals surface area contributed by atoms with Crippen LogP contribution in [0.25, 0.3) is 0 Å². The summed E-state index contributed by atoms with van der Waals surface area (Å²) in [6.45, 7) is 9.73. The Balaban J connectivity index is 2.48. The molecule has 0 bridgehead atoms. The van der Waals surface area contributed by atoms with Crippen molar-refractivity contribution in [2.75, 3.05) is 20.6 Å². The third-order valence-corrected chi connectivity index (χ3v) is 5.40. The zero-order valence-electron chi connectivity index (χ0n) is 19.1. The number of ether oxygens (including phenoxy) is 1. The quantitative estimate of drug-likeness (QED) is 0.638. The molecule has 0 aliphatic carbocycles. The van der Waals surface area contributed by atoms with Gasteiger partial charge in [-0.25, -0.2) is 4.79 Å². The number of aliphatic hydroxyl groups excluding tert-OH is 1. The molecule has 5 nitrogen and oxygen atoms in total. The summed E-state index contributed by atoms with van der Waals surface area (Å²) in [5, 5.41) is 9.71. The molecule has 5 heteroatoms. The van der Waals surface area contributed by atoms with Crippen LogP contribution in [0.1, 0.15) is 56.7 Å². The lowest BCUT2D eigenvalue weighted by atomic mass is 9.86. The predicted octanol–water partition coefficient (Wildman–Crippen LogP) is 4.88. The molecule has 1 atom stereocenters. The molecule has 2 aromatic rings. The Labute approximate surface area is 181 Å². The van der Waals surface area contributed by atoms with Gasteiger partial charge in [-0.15, -0.1) is 0 Å². The molecule has 30 heavy (non-hydrogen) atoms. The molecule has 0 fully saturated rings. The van der Waals surface area contributed by atoms with E-state index in [2.05, 4.69) is 44.7 Å². The average molecular weight is 413 g/mol. The van der Waals surface area contributed by atoms with Crippen LogP contribution in [-0.4, -0.2) is 53.7 Å². The van der Waals surface area contributed by atoms with Crippen molar-refractivity contribution in [3.05, 3.63) is 65.2 Å². The van der Waals surface area contributed by atoms with E-state index in [0.29, 0.717) is 17.8 Å². The van der Waals surface area contributed by atoms with E-state index < -0.39 is 6.09 Å². The van der Waals surface area contributed by atoms with E-state index >= 15 is 0 Å². The van der Waals surface area contributed by atoms with Gasteiger partial charge in [0.05, 0.1) is 6.61 Å². The molecule has 0 saturated heterocycles. The first-order chi connectivity index (χ1) is 14.2. The molecular weight excluding hydrogens is 376 g/mol. The largest absolute Gasteiger partial charge is 0.414 e. The fourth-order valence-electron chi connectivity index (χ4n) is 3.82. The highest BCUT2D eigenvalue weighted by Gasteiger charge is 2.23. The second-order valence-electron chi connectivity index (χ2n) is 8.47. The van der Waals surface area contributed by atoms with E-state index in [-0.39, 0.29) is 12.5 Å². The first-order valence-corrected chi connectivity index (χ1v) is 10.7. The topological polar surface area (TPSA) is 53.0 Å². The fraction of sp³-hybridized carbons (Fsp3) is 0.480. The summed E-state index contributed by atoms with van der Waals surface area (Å²) in [5.74, 6) is 0.586. The van der Waals surface area contributed by atoms with Crippen molar-refractivity contribution in [3.63, 3.8) is 0 Å². The van der Waals surface area contributed by atoms with Crippen LogP contribution < -0.4 is 4.74 Å². The second-order valence-corrected chi connectivity index (χ2v) is 8.47. The van der Waals surface area contributed by atoms with Gasteiger partial charge in [-0.2, -0.15) is 0 Å². The minimum absolute atomic E-state index is 0.0441. The summed E-state index contributed by atoms with van der Waals surface area (Å²) < 4.78 is 5.70. The summed E-state index contributed by atoms with van der Waals surface area (Å²) in [6.07, 6.45) is 0.465. The van der Waals surface area contributed by atoms with E-state index in [1.54, 1.807) is 26.2 Å². The van der Waals surface area contributed by atoms with Gasteiger partial charge in [0.15, 0.2) is 0 Å². The maximum absolute atomic E-state index is 12.3. The molecule has 0 aliphatic heterocycles. The maximum atomic E-state index is 12.3. The molecule has 2 aromatic carbocycles. The Bertz CT molecular complexity index is 795. The smallest absolute Gasteiger partial charge is 0.410 e. The molecule has 1 amide bonds. The van der Waals surface area contributed by atoms with Crippen molar-refractivity contribution >= 4 is 6.09 Å². The van der Waals surface area contributed by atoms with Gasteiger partial charge < -0.3 is 14.7 Å². The minimum Gasteiger partial charge on any atom is -0.410 e. The predicted molar refractivity (Wildman–Crippen MR) is 122 cm³/mol. The number of nitrogens with zero attached hydrogens (tertiary/aromatic N) is 2. The van der Waals surface area contributed by atoms with Crippen LogP contribution in [0.4, 0.5) is 4.79 Å². The highest BCUT2D eigenvalue weighted by atomic mass is 16.6. The van der Waals surface area contributed by atoms with E-state index in [0.717, 1.165) is 24.1 Å². The van der Waals surface area contributed by atoms with Crippen LogP contribution in [0.15, 0.2) is 48.5 Å². The van der Waals surface area contributed by atoms with Crippen molar-refractivity contribution in [2.45, 2.75) is 58.7 Å². The number of hydrogen-bond donors (Lipinski definition) is 1. The molecule has 2 rings (SSSR count). The van der Waals surface area contributed by atoms with Gasteiger partial charge >= 0.3 is 6.09 Å². The molecule has 0 radical (unpaired) electrons. The standard InChI is InChI=1S/C25H36N2O3/c1-18(2)27(19(3)4)15-14-22(21-10-8-7-9-11-21)23-16-20(17-28)12-13-24(23)30-25(29)26(5)6/h7-13,16,18-19,22,28H,14-15,17H2,1-6H3. The van der Waals surface area contributed by atoms with Crippen LogP contribution in [0.3, 0.4) is 0 Å². The lowest BCUT2D eigenvalue weighted by Gasteiger charge is -2.32. The monoisotopic (exact) mass is 412 g/mol. The van der Waals surface area contributed by atoms with Crippen LogP contribution >= 0.6 is 0 Å². The van der Waals surface area contributed by atoms with Gasteiger partial charge in [0.2, 0.25) is 0 Å². The van der Waals surface area contributed by atoms with Crippen LogP contribution in [0.5, 0.6) is 5.75 Å². The van der Waals surface area contributed by atoms with Gasteiger partial charge in [0.25, 0.3) is 0 Å². The molecule has 0 saturated carbocycles. The molecule has 1 N–H and O–H groups in total. The number of amides is 1. The van der Waals surface area contributed by atoms with Crippen molar-refractivity contribution in [1.82, 2.24) is 9.80 Å². The van der Waals surface area contributed by atoms with Crippen molar-refractivity contribution < 1.29 is 14.6 Å². The number of carbonyl (C=O) groups is 1. The van der Waals surface area contributed by atoms with Crippen molar-refractivity contribution in [2.24, 2.45) is 0 Å². The number of rotatable bonds is 9. The zero-order valence-corrected chi connectivity index (χ0v) is 19.1. The van der Waals surface area contributed by atoms with Crippen LogP contribution in [0.2, 0.25) is 0 Å². The lowest BCUT2D eigenvalue weighted by molar-refractivity contribution is 0.168. The third kappa shape index (κ3) is 6.31. The summed E-state index contributed by atoms with van der Waals surface area (Å²) in [4.78, 5) is 16.2. The molecule has 164 valence electrons. The van der Waals surface area contributed by atoms with E-state index in [9.17, 15) is 9.90 Å². The van der Waals surface area contributed by atoms with Crippen LogP contribution in [-0.2, 0) is 6.61 Å². The summed E-state index contributed by atoms with van der Waals surface area (Å²) in [5.41, 5.74) is 2.90. The molecular formula is C25H36N2O3. The molecule has 1 unspecified atom stereocenters. The lowest BCUT2D eigenvalue weighted by Crippen LogP contribution is -2.38. The normalized spacial score (nSPS) is 12.5. The Kier molecular flexibility index (Phi) is 8.88. The highest BCUT2D eigenvalue weighted by molar-refractivity contribution is 5.70. The molecule has 0 spiro atoms. The Hall–Kier alpha value is -2.37. The average Bonchev–Trinajstić information content (AvgIpc) is 2.71. The zero-order chi connectivity index (χ0) is 22.3. The summed E-state index contributed by atoms with van der Waals surface area (Å²) >= 11 is 0. The number of aliphatic hydroxyl groups is 1. The fourth-order valence-corrected chi connectivity index (χ4v) is 3.82.